The number of ether oxygens (including phenoxy) is 3. The molecule has 0 atom stereocenters. The van der Waals surface area contributed by atoms with E-state index in [-0.39, 0.29) is 6.10 Å². The highest BCUT2D eigenvalue weighted by atomic mass is 127. The van der Waals surface area contributed by atoms with Crippen molar-refractivity contribution in [1.82, 2.24) is 10.1 Å². The van der Waals surface area contributed by atoms with Gasteiger partial charge in [0.2, 0.25) is 5.82 Å². The van der Waals surface area contributed by atoms with Gasteiger partial charge in [-0.1, -0.05) is 12.1 Å². The van der Waals surface area contributed by atoms with E-state index < -0.39 is 0 Å². The minimum Gasteiger partial charge on any atom is -0.493 e. The molecule has 0 fully saturated rings. The molecule has 0 aliphatic heterocycles. The summed E-state index contributed by atoms with van der Waals surface area (Å²) in [6, 6.07) is 11.4. The average molecular weight is 494 g/mol. The Bertz CT molecular complexity index is 940. The molecule has 0 amide bonds. The maximum atomic E-state index is 5.78. The molecule has 0 bridgehead atoms. The first-order valence-electron chi connectivity index (χ1n) is 9.13. The number of halogens is 1. The Hall–Kier alpha value is -2.29. The summed E-state index contributed by atoms with van der Waals surface area (Å²) in [6.45, 7) is 6.70. The molecule has 0 saturated carbocycles. The summed E-state index contributed by atoms with van der Waals surface area (Å²) in [5.74, 6) is 3.12. The number of rotatable bonds is 8. The van der Waals surface area contributed by atoms with Gasteiger partial charge in [0.15, 0.2) is 11.5 Å². The van der Waals surface area contributed by atoms with E-state index in [0.717, 1.165) is 26.9 Å². The second-order valence-electron chi connectivity index (χ2n) is 6.45. The number of methoxy groups -OCH3 is 1. The van der Waals surface area contributed by atoms with Gasteiger partial charge < -0.3 is 18.7 Å². The summed E-state index contributed by atoms with van der Waals surface area (Å²) >= 11 is 2.25. The van der Waals surface area contributed by atoms with Gasteiger partial charge in [-0.05, 0) is 79.3 Å². The molecule has 3 aromatic rings. The zero-order chi connectivity index (χ0) is 20.1. The molecule has 0 saturated heterocycles. The second kappa shape index (κ2) is 9.27. The van der Waals surface area contributed by atoms with Gasteiger partial charge in [-0.2, -0.15) is 4.98 Å². The third-order valence-corrected chi connectivity index (χ3v) is 4.69. The van der Waals surface area contributed by atoms with Crippen molar-refractivity contribution in [2.75, 3.05) is 13.7 Å². The largest absolute Gasteiger partial charge is 0.493 e. The van der Waals surface area contributed by atoms with Crippen molar-refractivity contribution in [2.24, 2.45) is 0 Å². The number of hydrogen-bond donors (Lipinski definition) is 0. The van der Waals surface area contributed by atoms with Crippen LogP contribution in [0.4, 0.5) is 0 Å². The van der Waals surface area contributed by atoms with E-state index in [0.29, 0.717) is 29.8 Å². The summed E-state index contributed by atoms with van der Waals surface area (Å²) < 4.78 is 23.4. The fourth-order valence-electron chi connectivity index (χ4n) is 2.58. The summed E-state index contributed by atoms with van der Waals surface area (Å²) in [5, 5.41) is 4.12. The first kappa shape index (κ1) is 20.4. The Balaban J connectivity index is 1.85. The Labute approximate surface area is 178 Å². The van der Waals surface area contributed by atoms with E-state index in [1.54, 1.807) is 7.11 Å². The normalized spacial score (nSPS) is 10.9. The third-order valence-electron chi connectivity index (χ3n) is 3.85. The molecule has 1 heterocycles. The van der Waals surface area contributed by atoms with Crippen molar-refractivity contribution >= 4 is 22.6 Å². The van der Waals surface area contributed by atoms with Crippen molar-refractivity contribution in [2.45, 2.75) is 33.3 Å². The molecule has 7 heteroatoms. The predicted octanol–water partition coefficient (Wildman–Crippen LogP) is 5.59. The molecular formula is C21H23IN2O4. The first-order chi connectivity index (χ1) is 13.5. The van der Waals surface area contributed by atoms with Gasteiger partial charge in [0.1, 0.15) is 5.75 Å². The molecule has 0 radical (unpaired) electrons. The van der Waals surface area contributed by atoms with E-state index in [1.807, 2.05) is 50.2 Å². The summed E-state index contributed by atoms with van der Waals surface area (Å²) in [7, 11) is 1.61. The quantitative estimate of drug-likeness (QED) is 0.381. The van der Waals surface area contributed by atoms with Gasteiger partial charge in [0.05, 0.1) is 23.4 Å². The maximum Gasteiger partial charge on any atom is 0.258 e. The van der Waals surface area contributed by atoms with Crippen molar-refractivity contribution in [3.63, 3.8) is 0 Å². The molecule has 0 aliphatic rings. The monoisotopic (exact) mass is 494 g/mol. The van der Waals surface area contributed by atoms with Gasteiger partial charge in [0, 0.05) is 11.1 Å². The van der Waals surface area contributed by atoms with Crippen LogP contribution in [0.25, 0.3) is 22.8 Å². The van der Waals surface area contributed by atoms with Crippen LogP contribution in [0.2, 0.25) is 0 Å². The van der Waals surface area contributed by atoms with Crippen molar-refractivity contribution in [3.05, 3.63) is 40.0 Å². The Morgan fingerprint density at radius 2 is 1.79 bits per heavy atom. The topological polar surface area (TPSA) is 66.6 Å². The molecular weight excluding hydrogens is 471 g/mol. The third kappa shape index (κ3) is 4.76. The Kier molecular flexibility index (Phi) is 6.77. The van der Waals surface area contributed by atoms with Gasteiger partial charge in [-0.15, -0.1) is 0 Å². The van der Waals surface area contributed by atoms with Crippen LogP contribution in [-0.4, -0.2) is 30.0 Å². The number of hydrogen-bond acceptors (Lipinski definition) is 6. The average Bonchev–Trinajstić information content (AvgIpc) is 3.17. The van der Waals surface area contributed by atoms with Crippen LogP contribution in [0.1, 0.15) is 27.2 Å². The van der Waals surface area contributed by atoms with E-state index in [1.165, 1.54) is 0 Å². The number of nitrogens with zero attached hydrogens (tertiary/aromatic N) is 2. The van der Waals surface area contributed by atoms with Crippen LogP contribution in [0, 0.1) is 3.57 Å². The molecule has 28 heavy (non-hydrogen) atoms. The lowest BCUT2D eigenvalue weighted by Crippen LogP contribution is -2.06. The maximum absolute atomic E-state index is 5.78. The Morgan fingerprint density at radius 3 is 2.46 bits per heavy atom. The molecule has 3 rings (SSSR count). The van der Waals surface area contributed by atoms with Gasteiger partial charge in [-0.25, -0.2) is 0 Å². The van der Waals surface area contributed by atoms with Crippen LogP contribution in [-0.2, 0) is 0 Å². The lowest BCUT2D eigenvalue weighted by molar-refractivity contribution is 0.240. The van der Waals surface area contributed by atoms with E-state index in [4.69, 9.17) is 18.7 Å². The summed E-state index contributed by atoms with van der Waals surface area (Å²) in [5.41, 5.74) is 1.64. The van der Waals surface area contributed by atoms with Crippen LogP contribution in [0.3, 0.4) is 0 Å². The minimum atomic E-state index is 0.121. The Morgan fingerprint density at radius 1 is 1.04 bits per heavy atom. The molecule has 0 aliphatic carbocycles. The molecule has 0 unspecified atom stereocenters. The van der Waals surface area contributed by atoms with Crippen molar-refractivity contribution < 1.29 is 18.7 Å². The van der Waals surface area contributed by atoms with Gasteiger partial charge in [-0.3, -0.25) is 0 Å². The van der Waals surface area contributed by atoms with Crippen LogP contribution < -0.4 is 14.2 Å². The fraction of sp³-hybridized carbons (Fsp3) is 0.333. The molecule has 2 aromatic carbocycles. The van der Waals surface area contributed by atoms with E-state index in [9.17, 15) is 0 Å². The molecule has 148 valence electrons. The molecule has 1 aromatic heterocycles. The van der Waals surface area contributed by atoms with Crippen molar-refractivity contribution in [1.29, 1.82) is 0 Å². The second-order valence-corrected chi connectivity index (χ2v) is 7.61. The molecule has 0 spiro atoms. The summed E-state index contributed by atoms with van der Waals surface area (Å²) in [4.78, 5) is 4.53. The standard InChI is InChI=1S/C21H23IN2O4/c1-5-10-26-18-9-7-15(12-19(18)25-4)21-23-20(24-28-21)14-6-8-17(16(22)11-14)27-13(2)3/h6-9,11-13H,5,10H2,1-4H3. The van der Waals surface area contributed by atoms with Crippen molar-refractivity contribution in [3.8, 4) is 40.1 Å². The number of benzene rings is 2. The van der Waals surface area contributed by atoms with Crippen LogP contribution >= 0.6 is 22.6 Å². The fourth-order valence-corrected chi connectivity index (χ4v) is 3.22. The lowest BCUT2D eigenvalue weighted by atomic mass is 10.2. The molecule has 6 nitrogen and oxygen atoms in total. The highest BCUT2D eigenvalue weighted by molar-refractivity contribution is 14.1. The molecule has 0 N–H and O–H groups in total. The zero-order valence-corrected chi connectivity index (χ0v) is 18.5. The van der Waals surface area contributed by atoms with Gasteiger partial charge in [0.25, 0.3) is 5.89 Å². The summed E-state index contributed by atoms with van der Waals surface area (Å²) in [6.07, 6.45) is 1.05. The predicted molar refractivity (Wildman–Crippen MR) is 116 cm³/mol. The van der Waals surface area contributed by atoms with E-state index in [2.05, 4.69) is 39.7 Å². The van der Waals surface area contributed by atoms with Gasteiger partial charge >= 0.3 is 0 Å². The highest BCUT2D eigenvalue weighted by Gasteiger charge is 2.15. The van der Waals surface area contributed by atoms with Crippen LogP contribution in [0.15, 0.2) is 40.9 Å². The van der Waals surface area contributed by atoms with Crippen LogP contribution in [0.5, 0.6) is 17.2 Å². The smallest absolute Gasteiger partial charge is 0.258 e. The number of aromatic nitrogens is 2. The first-order valence-corrected chi connectivity index (χ1v) is 10.2. The SMILES string of the molecule is CCCOc1ccc(-c2nc(-c3ccc(OC(C)C)c(I)c3)no2)cc1OC. The highest BCUT2D eigenvalue weighted by Crippen LogP contribution is 2.33. The minimum absolute atomic E-state index is 0.121. The zero-order valence-electron chi connectivity index (χ0n) is 16.4. The van der Waals surface area contributed by atoms with E-state index >= 15 is 0 Å². The lowest BCUT2D eigenvalue weighted by Gasteiger charge is -2.11.